The Bertz CT molecular complexity index is 314. The first kappa shape index (κ1) is 15.8. The maximum atomic E-state index is 3.90. The van der Waals surface area contributed by atoms with Crippen LogP contribution in [0.4, 0.5) is 0 Å². The molecule has 0 heterocycles. The fraction of sp³-hybridized carbons (Fsp3) is 1.00. The van der Waals surface area contributed by atoms with Crippen molar-refractivity contribution in [1.82, 2.24) is 10.2 Å². The van der Waals surface area contributed by atoms with Gasteiger partial charge in [0.05, 0.1) is 0 Å². The molecule has 1 atom stereocenters. The predicted octanol–water partition coefficient (Wildman–Crippen LogP) is 3.77. The summed E-state index contributed by atoms with van der Waals surface area (Å²) in [6.45, 7) is 10.6. The molecule has 4 fully saturated rings. The van der Waals surface area contributed by atoms with Crippen molar-refractivity contribution in [2.45, 2.75) is 65.3 Å². The minimum Gasteiger partial charge on any atom is -0.312 e. The van der Waals surface area contributed by atoms with Gasteiger partial charge in [0.1, 0.15) is 0 Å². The lowest BCUT2D eigenvalue weighted by Gasteiger charge is -2.60. The van der Waals surface area contributed by atoms with Crippen molar-refractivity contribution in [3.63, 3.8) is 0 Å². The van der Waals surface area contributed by atoms with Gasteiger partial charge in [0.2, 0.25) is 0 Å². The van der Waals surface area contributed by atoms with Gasteiger partial charge in [0, 0.05) is 19.1 Å². The van der Waals surface area contributed by atoms with E-state index in [0.29, 0.717) is 5.41 Å². The van der Waals surface area contributed by atoms with Crippen LogP contribution >= 0.6 is 0 Å². The first-order chi connectivity index (χ1) is 10.0. The van der Waals surface area contributed by atoms with E-state index in [1.165, 1.54) is 32.4 Å². The SMILES string of the molecule is CCNC(CN(C)CC(C)C)C12CC3CC(CC(C3)C1)C2. The summed E-state index contributed by atoms with van der Waals surface area (Å²) in [5, 5.41) is 3.90. The van der Waals surface area contributed by atoms with E-state index < -0.39 is 0 Å². The van der Waals surface area contributed by atoms with Crippen molar-refractivity contribution in [2.24, 2.45) is 29.1 Å². The van der Waals surface area contributed by atoms with Gasteiger partial charge in [-0.2, -0.15) is 0 Å². The zero-order valence-electron chi connectivity index (χ0n) is 14.7. The van der Waals surface area contributed by atoms with Crippen LogP contribution in [0.1, 0.15) is 59.3 Å². The lowest BCUT2D eigenvalue weighted by molar-refractivity contribution is -0.0779. The minimum absolute atomic E-state index is 0.635. The third-order valence-electron chi connectivity index (χ3n) is 6.45. The van der Waals surface area contributed by atoms with Crippen LogP contribution < -0.4 is 5.32 Å². The first-order valence-electron chi connectivity index (χ1n) is 9.42. The van der Waals surface area contributed by atoms with Crippen molar-refractivity contribution < 1.29 is 0 Å². The first-order valence-corrected chi connectivity index (χ1v) is 9.42. The van der Waals surface area contributed by atoms with Crippen LogP contribution in [0.15, 0.2) is 0 Å². The second-order valence-electron chi connectivity index (χ2n) is 9.01. The molecule has 4 rings (SSSR count). The summed E-state index contributed by atoms with van der Waals surface area (Å²) in [5.41, 5.74) is 0.635. The van der Waals surface area contributed by atoms with E-state index in [9.17, 15) is 0 Å². The summed E-state index contributed by atoms with van der Waals surface area (Å²) in [6, 6.07) is 0.722. The lowest BCUT2D eigenvalue weighted by atomic mass is 9.47. The Morgan fingerprint density at radius 3 is 1.95 bits per heavy atom. The van der Waals surface area contributed by atoms with Crippen LogP contribution in [0.3, 0.4) is 0 Å². The van der Waals surface area contributed by atoms with Gasteiger partial charge in [-0.25, -0.2) is 0 Å². The highest BCUT2D eigenvalue weighted by molar-refractivity contribution is 5.06. The number of likely N-dealkylation sites (N-methyl/N-ethyl adjacent to an activating group) is 2. The van der Waals surface area contributed by atoms with Crippen molar-refractivity contribution >= 4 is 0 Å². The van der Waals surface area contributed by atoms with E-state index in [-0.39, 0.29) is 0 Å². The molecular weight excluding hydrogens is 256 g/mol. The van der Waals surface area contributed by atoms with E-state index in [1.807, 2.05) is 0 Å². The Hall–Kier alpha value is -0.0800. The fourth-order valence-corrected chi connectivity index (χ4v) is 6.34. The Morgan fingerprint density at radius 2 is 1.52 bits per heavy atom. The van der Waals surface area contributed by atoms with E-state index >= 15 is 0 Å². The molecule has 4 saturated carbocycles. The Morgan fingerprint density at radius 1 is 1.00 bits per heavy atom. The van der Waals surface area contributed by atoms with Crippen LogP contribution in [-0.4, -0.2) is 37.6 Å². The number of nitrogens with zero attached hydrogens (tertiary/aromatic N) is 1. The normalized spacial score (nSPS) is 39.4. The smallest absolute Gasteiger partial charge is 0.0251 e. The molecule has 4 aliphatic rings. The van der Waals surface area contributed by atoms with Gasteiger partial charge in [-0.1, -0.05) is 20.8 Å². The molecule has 0 aromatic carbocycles. The Kier molecular flexibility index (Phi) is 4.66. The maximum absolute atomic E-state index is 3.90. The molecule has 0 amide bonds. The van der Waals surface area contributed by atoms with E-state index in [0.717, 1.165) is 36.3 Å². The largest absolute Gasteiger partial charge is 0.312 e. The molecular formula is C19H36N2. The molecule has 0 saturated heterocycles. The third kappa shape index (κ3) is 3.32. The summed E-state index contributed by atoms with van der Waals surface area (Å²) >= 11 is 0. The quantitative estimate of drug-likeness (QED) is 0.768. The van der Waals surface area contributed by atoms with Gasteiger partial charge >= 0.3 is 0 Å². The predicted molar refractivity (Wildman–Crippen MR) is 90.4 cm³/mol. The summed E-state index contributed by atoms with van der Waals surface area (Å²) < 4.78 is 0. The minimum atomic E-state index is 0.635. The van der Waals surface area contributed by atoms with Crippen LogP contribution in [0, 0.1) is 29.1 Å². The van der Waals surface area contributed by atoms with Crippen LogP contribution in [0.25, 0.3) is 0 Å². The summed E-state index contributed by atoms with van der Waals surface area (Å²) in [7, 11) is 2.32. The molecule has 0 aromatic heterocycles. The Balaban J connectivity index is 1.71. The molecule has 0 radical (unpaired) electrons. The summed E-state index contributed by atoms with van der Waals surface area (Å²) in [4.78, 5) is 2.58. The Labute approximate surface area is 132 Å². The molecule has 0 spiro atoms. The zero-order chi connectivity index (χ0) is 15.0. The van der Waals surface area contributed by atoms with Crippen molar-refractivity contribution in [3.05, 3.63) is 0 Å². The van der Waals surface area contributed by atoms with Gasteiger partial charge in [0.25, 0.3) is 0 Å². The van der Waals surface area contributed by atoms with Crippen molar-refractivity contribution in [1.29, 1.82) is 0 Å². The maximum Gasteiger partial charge on any atom is 0.0251 e. The molecule has 1 unspecified atom stereocenters. The molecule has 2 nitrogen and oxygen atoms in total. The molecule has 0 aromatic rings. The second kappa shape index (κ2) is 6.20. The number of hydrogen-bond acceptors (Lipinski definition) is 2. The fourth-order valence-electron chi connectivity index (χ4n) is 6.34. The average Bonchev–Trinajstić information content (AvgIpc) is 2.35. The van der Waals surface area contributed by atoms with Gasteiger partial charge in [0.15, 0.2) is 0 Å². The third-order valence-corrected chi connectivity index (χ3v) is 6.45. The zero-order valence-corrected chi connectivity index (χ0v) is 14.7. The lowest BCUT2D eigenvalue weighted by Crippen LogP contribution is -2.59. The monoisotopic (exact) mass is 292 g/mol. The summed E-state index contributed by atoms with van der Waals surface area (Å²) in [6.07, 6.45) is 9.23. The molecule has 122 valence electrons. The second-order valence-corrected chi connectivity index (χ2v) is 9.01. The van der Waals surface area contributed by atoms with Gasteiger partial charge in [-0.05, 0) is 81.2 Å². The molecule has 0 aliphatic heterocycles. The molecule has 4 bridgehead atoms. The van der Waals surface area contributed by atoms with Gasteiger partial charge in [-0.3, -0.25) is 0 Å². The standard InChI is InChI=1S/C19H36N2/c1-5-20-18(13-21(4)12-14(2)3)19-9-15-6-16(10-19)8-17(7-15)11-19/h14-18,20H,5-13H2,1-4H3. The van der Waals surface area contributed by atoms with Crippen LogP contribution in [0.5, 0.6) is 0 Å². The van der Waals surface area contributed by atoms with Gasteiger partial charge < -0.3 is 10.2 Å². The number of nitrogens with one attached hydrogen (secondary N) is 1. The van der Waals surface area contributed by atoms with E-state index in [1.54, 1.807) is 19.3 Å². The van der Waals surface area contributed by atoms with Crippen LogP contribution in [-0.2, 0) is 0 Å². The van der Waals surface area contributed by atoms with Crippen molar-refractivity contribution in [3.8, 4) is 0 Å². The molecule has 21 heavy (non-hydrogen) atoms. The highest BCUT2D eigenvalue weighted by Gasteiger charge is 2.53. The highest BCUT2D eigenvalue weighted by atomic mass is 15.1. The topological polar surface area (TPSA) is 15.3 Å². The number of rotatable bonds is 7. The van der Waals surface area contributed by atoms with Crippen LogP contribution in [0.2, 0.25) is 0 Å². The summed E-state index contributed by atoms with van der Waals surface area (Å²) in [5.74, 6) is 3.96. The van der Waals surface area contributed by atoms with Crippen molar-refractivity contribution in [2.75, 3.05) is 26.7 Å². The average molecular weight is 293 g/mol. The molecule has 4 aliphatic carbocycles. The molecule has 2 heteroatoms. The van der Waals surface area contributed by atoms with Gasteiger partial charge in [-0.15, -0.1) is 0 Å². The number of hydrogen-bond donors (Lipinski definition) is 1. The highest BCUT2D eigenvalue weighted by Crippen LogP contribution is 2.61. The van der Waals surface area contributed by atoms with E-state index in [2.05, 4.69) is 38.0 Å². The van der Waals surface area contributed by atoms with E-state index in [4.69, 9.17) is 0 Å². The molecule has 1 N–H and O–H groups in total.